The summed E-state index contributed by atoms with van der Waals surface area (Å²) in [5, 5.41) is 12.2. The molecule has 392 valence electrons. The van der Waals surface area contributed by atoms with Gasteiger partial charge >= 0.3 is 0 Å². The monoisotopic (exact) mass is 1070 g/mol. The summed E-state index contributed by atoms with van der Waals surface area (Å²) in [6.45, 7) is 7.83. The fourth-order valence-electron chi connectivity index (χ4n) is 13.9. The average molecular weight is 1070 g/mol. The highest BCUT2D eigenvalue weighted by molar-refractivity contribution is 6.06. The van der Waals surface area contributed by atoms with Gasteiger partial charge in [0, 0.05) is 33.8 Å². The number of fused-ring (bicyclic) bond motifs is 7. The Morgan fingerprint density at radius 3 is 1.18 bits per heavy atom. The molecule has 0 fully saturated rings. The molecule has 0 radical (unpaired) electrons. The fourth-order valence-corrected chi connectivity index (χ4v) is 13.9. The lowest BCUT2D eigenvalue weighted by Gasteiger charge is -2.35. The zero-order valence-corrected chi connectivity index (χ0v) is 45.8. The van der Waals surface area contributed by atoms with E-state index < -0.39 is 10.8 Å². The smallest absolute Gasteiger partial charge is 0.187 e. The van der Waals surface area contributed by atoms with Gasteiger partial charge in [0.25, 0.3) is 0 Å². The van der Waals surface area contributed by atoms with Crippen molar-refractivity contribution in [1.82, 2.24) is 0 Å². The van der Waals surface area contributed by atoms with E-state index in [1.807, 2.05) is 24.3 Å². The standard InChI is InChI=1S/C80H52N4/c1-82-61-40-46-63(47-41-61)83(65-48-50-71-69-28-14-16-33-74(69)79(76(71)52-65,57-20-6-2-7-21-57)58-22-8-3-9-23-58)62-44-38-56(39-45-62)67-30-18-32-73-68(67)31-19-35-78(73)84(64-42-36-55(54-81)37-43-64)66-49-51-72-70-29-15-17-34-75(70)80(77(72)53-66,59-24-10-4-11-25-59)60-26-12-5-13-27-60/h2-53H. The van der Waals surface area contributed by atoms with Crippen LogP contribution in [-0.2, 0) is 10.8 Å². The molecule has 0 aliphatic heterocycles. The maximum atomic E-state index is 10.0. The number of rotatable bonds is 11. The van der Waals surface area contributed by atoms with Gasteiger partial charge in [0.2, 0.25) is 0 Å². The topological polar surface area (TPSA) is 34.6 Å². The number of nitrogens with zero attached hydrogens (tertiary/aromatic N) is 4. The van der Waals surface area contributed by atoms with E-state index in [2.05, 4.69) is 312 Å². The summed E-state index contributed by atoms with van der Waals surface area (Å²) < 4.78 is 0. The maximum Gasteiger partial charge on any atom is 0.187 e. The molecular formula is C80H52N4. The summed E-state index contributed by atoms with van der Waals surface area (Å²) in [4.78, 5) is 8.44. The lowest BCUT2D eigenvalue weighted by Crippen LogP contribution is -2.28. The minimum absolute atomic E-state index is 0.571. The Labute approximate surface area is 490 Å². The second-order valence-electron chi connectivity index (χ2n) is 21.7. The third kappa shape index (κ3) is 7.74. The van der Waals surface area contributed by atoms with Crippen LogP contribution in [0.15, 0.2) is 315 Å². The van der Waals surface area contributed by atoms with E-state index in [1.54, 1.807) is 0 Å². The van der Waals surface area contributed by atoms with Gasteiger partial charge in [-0.3, -0.25) is 0 Å². The molecule has 0 N–H and O–H groups in total. The van der Waals surface area contributed by atoms with Gasteiger partial charge in [0.1, 0.15) is 0 Å². The van der Waals surface area contributed by atoms with Crippen LogP contribution < -0.4 is 9.80 Å². The van der Waals surface area contributed by atoms with E-state index in [9.17, 15) is 5.26 Å². The maximum absolute atomic E-state index is 10.0. The molecule has 4 nitrogen and oxygen atoms in total. The van der Waals surface area contributed by atoms with E-state index in [-0.39, 0.29) is 0 Å². The van der Waals surface area contributed by atoms with Crippen molar-refractivity contribution in [3.8, 4) is 39.4 Å². The number of hydrogen-bond donors (Lipinski definition) is 0. The first-order chi connectivity index (χ1) is 41.6. The Morgan fingerprint density at radius 1 is 0.310 bits per heavy atom. The highest BCUT2D eigenvalue weighted by Gasteiger charge is 2.48. The Balaban J connectivity index is 0.870. The molecule has 0 atom stereocenters. The molecule has 0 heterocycles. The van der Waals surface area contributed by atoms with Crippen LogP contribution in [0.1, 0.15) is 50.1 Å². The summed E-state index contributed by atoms with van der Waals surface area (Å²) in [6, 6.07) is 116. The van der Waals surface area contributed by atoms with Gasteiger partial charge in [-0.15, -0.1) is 0 Å². The summed E-state index contributed by atoms with van der Waals surface area (Å²) in [5.74, 6) is 0. The molecule has 13 aromatic rings. The van der Waals surface area contributed by atoms with Gasteiger partial charge in [-0.25, -0.2) is 4.85 Å². The molecule has 15 rings (SSSR count). The van der Waals surface area contributed by atoms with Crippen molar-refractivity contribution in [1.29, 1.82) is 5.26 Å². The minimum atomic E-state index is -0.586. The SMILES string of the molecule is [C-]#[N+]c1ccc(N(c2ccc(-c3cccc4c(N(c5ccc(C#N)cc5)c5ccc6c(c5)C(c5ccccc5)(c5ccccc5)c5ccccc5-6)cccc34)cc2)c2ccc3c(c2)C(c2ccccc2)(c2ccccc2)c2ccccc2-3)cc1. The minimum Gasteiger partial charge on any atom is -0.311 e. The van der Waals surface area contributed by atoms with Crippen LogP contribution in [0.4, 0.5) is 39.8 Å². The molecule has 4 heteroatoms. The molecule has 0 aromatic heterocycles. The molecule has 0 unspecified atom stereocenters. The summed E-state index contributed by atoms with van der Waals surface area (Å²) in [7, 11) is 0. The average Bonchev–Trinajstić information content (AvgIpc) is 1.60. The van der Waals surface area contributed by atoms with Crippen LogP contribution in [0.5, 0.6) is 0 Å². The number of anilines is 6. The molecular weight excluding hydrogens is 1020 g/mol. The Kier molecular flexibility index (Phi) is 12.0. The first-order valence-electron chi connectivity index (χ1n) is 28.5. The largest absolute Gasteiger partial charge is 0.311 e. The second kappa shape index (κ2) is 20.4. The van der Waals surface area contributed by atoms with Gasteiger partial charge < -0.3 is 9.80 Å². The van der Waals surface area contributed by atoms with Crippen LogP contribution in [-0.4, -0.2) is 0 Å². The Morgan fingerprint density at radius 2 is 0.690 bits per heavy atom. The van der Waals surface area contributed by atoms with Crippen molar-refractivity contribution in [2.45, 2.75) is 10.8 Å². The second-order valence-corrected chi connectivity index (χ2v) is 21.7. The Bertz CT molecular complexity index is 4640. The Hall–Kier alpha value is -11.3. The lowest BCUT2D eigenvalue weighted by molar-refractivity contribution is 0.768. The number of nitriles is 1. The van der Waals surface area contributed by atoms with Gasteiger partial charge in [0.05, 0.1) is 34.7 Å². The van der Waals surface area contributed by atoms with Gasteiger partial charge in [-0.2, -0.15) is 5.26 Å². The molecule has 0 bridgehead atoms. The normalized spacial score (nSPS) is 12.9. The van der Waals surface area contributed by atoms with E-state index in [0.717, 1.165) is 56.0 Å². The van der Waals surface area contributed by atoms with Gasteiger partial charge in [-0.1, -0.05) is 237 Å². The van der Waals surface area contributed by atoms with E-state index in [4.69, 9.17) is 6.57 Å². The molecule has 0 saturated carbocycles. The van der Waals surface area contributed by atoms with E-state index in [0.29, 0.717) is 11.3 Å². The highest BCUT2D eigenvalue weighted by atomic mass is 15.1. The summed E-state index contributed by atoms with van der Waals surface area (Å²) >= 11 is 0. The molecule has 2 aliphatic rings. The summed E-state index contributed by atoms with van der Waals surface area (Å²) in [6.07, 6.45) is 0. The van der Waals surface area contributed by atoms with E-state index >= 15 is 0 Å². The van der Waals surface area contributed by atoms with Crippen LogP contribution in [0.3, 0.4) is 0 Å². The van der Waals surface area contributed by atoms with Crippen LogP contribution in [0, 0.1) is 17.9 Å². The first-order valence-corrected chi connectivity index (χ1v) is 28.5. The third-order valence-corrected chi connectivity index (χ3v) is 17.5. The predicted octanol–water partition coefficient (Wildman–Crippen LogP) is 20.6. The fraction of sp³-hybridized carbons (Fsp3) is 0.0250. The molecule has 0 saturated heterocycles. The van der Waals surface area contributed by atoms with Gasteiger partial charge in [-0.05, 0) is 162 Å². The van der Waals surface area contributed by atoms with Crippen molar-refractivity contribution >= 4 is 50.6 Å². The quantitative estimate of drug-likeness (QED) is 0.121. The molecule has 0 spiro atoms. The molecule has 13 aromatic carbocycles. The molecule has 2 aliphatic carbocycles. The van der Waals surface area contributed by atoms with Crippen molar-refractivity contribution in [3.05, 3.63) is 377 Å². The molecule has 84 heavy (non-hydrogen) atoms. The van der Waals surface area contributed by atoms with Crippen molar-refractivity contribution in [2.24, 2.45) is 0 Å². The first kappa shape index (κ1) is 49.7. The highest BCUT2D eigenvalue weighted by Crippen LogP contribution is 2.59. The van der Waals surface area contributed by atoms with Crippen molar-refractivity contribution in [2.75, 3.05) is 9.80 Å². The number of hydrogen-bond acceptors (Lipinski definition) is 3. The van der Waals surface area contributed by atoms with Gasteiger partial charge in [0.15, 0.2) is 5.69 Å². The third-order valence-electron chi connectivity index (χ3n) is 17.5. The lowest BCUT2D eigenvalue weighted by atomic mass is 9.67. The van der Waals surface area contributed by atoms with Crippen LogP contribution >= 0.6 is 0 Å². The van der Waals surface area contributed by atoms with Crippen LogP contribution in [0.2, 0.25) is 0 Å². The summed E-state index contributed by atoms with van der Waals surface area (Å²) in [5.41, 5.74) is 22.8. The van der Waals surface area contributed by atoms with Crippen molar-refractivity contribution < 1.29 is 0 Å². The van der Waals surface area contributed by atoms with Crippen LogP contribution in [0.25, 0.3) is 49.0 Å². The molecule has 0 amide bonds. The van der Waals surface area contributed by atoms with E-state index in [1.165, 1.54) is 66.8 Å². The number of benzene rings is 13. The zero-order chi connectivity index (χ0) is 56.2. The predicted molar refractivity (Wildman–Crippen MR) is 344 cm³/mol. The zero-order valence-electron chi connectivity index (χ0n) is 45.8. The van der Waals surface area contributed by atoms with Crippen molar-refractivity contribution in [3.63, 3.8) is 0 Å².